The molecule has 0 saturated heterocycles. The second-order valence-electron chi connectivity index (χ2n) is 13.1. The van der Waals surface area contributed by atoms with Crippen LogP contribution in [0.25, 0.3) is 22.3 Å². The van der Waals surface area contributed by atoms with Crippen LogP contribution in [0.15, 0.2) is 150 Å². The van der Waals surface area contributed by atoms with Gasteiger partial charge >= 0.3 is 18.2 Å². The minimum Gasteiger partial charge on any atom is -0.424 e. The molecule has 0 saturated carbocycles. The third-order valence-corrected chi connectivity index (χ3v) is 10.1. The van der Waals surface area contributed by atoms with Gasteiger partial charge in [0.15, 0.2) is 0 Å². The summed E-state index contributed by atoms with van der Waals surface area (Å²) < 4.78 is 118. The van der Waals surface area contributed by atoms with E-state index in [1.165, 1.54) is 61.2 Å². The van der Waals surface area contributed by atoms with Gasteiger partial charge in [0.2, 0.25) is 0 Å². The number of nitrogens with zero attached hydrogens (tertiary/aromatic N) is 4. The van der Waals surface area contributed by atoms with E-state index >= 15 is 0 Å². The van der Waals surface area contributed by atoms with E-state index in [9.17, 15) is 39.2 Å². The molecule has 326 valence electrons. The maximum absolute atomic E-state index is 13.5. The van der Waals surface area contributed by atoms with Crippen LogP contribution in [0.2, 0.25) is 0 Å². The molecule has 7 rings (SSSR count). The lowest BCUT2D eigenvalue weighted by atomic mass is 10.0. The molecule has 15 nitrogen and oxygen atoms in total. The summed E-state index contributed by atoms with van der Waals surface area (Å²) in [5.41, 5.74) is 8.83. The van der Waals surface area contributed by atoms with Crippen molar-refractivity contribution in [3.63, 3.8) is 0 Å². The Balaban J connectivity index is 0.000000276. The van der Waals surface area contributed by atoms with Crippen molar-refractivity contribution in [2.75, 3.05) is 16.4 Å². The monoisotopic (exact) mass is 905 g/mol. The van der Waals surface area contributed by atoms with Crippen LogP contribution in [0.1, 0.15) is 16.7 Å². The van der Waals surface area contributed by atoms with E-state index in [2.05, 4.69) is 30.6 Å². The van der Waals surface area contributed by atoms with E-state index in [0.717, 1.165) is 29.5 Å². The lowest BCUT2D eigenvalue weighted by molar-refractivity contribution is -0.137. The van der Waals surface area contributed by atoms with Gasteiger partial charge in [-0.05, 0) is 80.1 Å². The van der Waals surface area contributed by atoms with Gasteiger partial charge in [-0.15, -0.1) is 0 Å². The Labute approximate surface area is 358 Å². The number of pyridine rings is 2. The molecule has 2 amide bonds. The van der Waals surface area contributed by atoms with Gasteiger partial charge in [-0.3, -0.25) is 14.1 Å². The number of nitrogens with two attached hydrogens (primary N) is 1. The summed E-state index contributed by atoms with van der Waals surface area (Å²) in [4.78, 5) is 28.4. The third-order valence-electron chi connectivity index (χ3n) is 8.35. The number of ether oxygens (including phenoxy) is 1. The van der Waals surface area contributed by atoms with E-state index in [4.69, 9.17) is 19.6 Å². The highest BCUT2D eigenvalue weighted by molar-refractivity contribution is 7.86. The third kappa shape index (κ3) is 13.8. The first-order valence-electron chi connectivity index (χ1n) is 17.9. The van der Waals surface area contributed by atoms with Crippen molar-refractivity contribution >= 4 is 43.5 Å². The largest absolute Gasteiger partial charge is 0.424 e. The number of carbonyl (C=O) groups is 1. The fraction of sp³-hybridized carbons (Fsp3) is 0.0714. The highest BCUT2D eigenvalue weighted by Crippen LogP contribution is 2.36. The molecule has 0 spiro atoms. The number of rotatable bonds is 8. The standard InChI is InChI=1S/C28H19F4N7O2.2C7H8O3S/c29-19-11-23(25(33)35-13-19)16-3-6-21(7-4-16)41-27-36-14-20(15-37-27)38-26(40)39-24-10-18(28(30,31)32)5-8-22(24)17-2-1-9-34-12-17;2*1-6-2-4-7(5-3-6)11(8,9)10/h1-15H,(H2,33,35)(H2,38,39,40);2*2-5H,1H3,(H,8,9,10). The number of benzene rings is 4. The molecule has 4 aromatic carbocycles. The van der Waals surface area contributed by atoms with Gasteiger partial charge in [0.1, 0.15) is 17.4 Å². The quantitative estimate of drug-likeness (QED) is 0.0707. The van der Waals surface area contributed by atoms with Gasteiger partial charge in [-0.25, -0.2) is 24.1 Å². The van der Waals surface area contributed by atoms with E-state index in [0.29, 0.717) is 28.0 Å². The highest BCUT2D eigenvalue weighted by Gasteiger charge is 2.31. The minimum absolute atomic E-state index is 0.0348. The highest BCUT2D eigenvalue weighted by atomic mass is 32.2. The maximum Gasteiger partial charge on any atom is 0.416 e. The number of hydrogen-bond donors (Lipinski definition) is 5. The predicted octanol–water partition coefficient (Wildman–Crippen LogP) is 9.26. The molecule has 0 bridgehead atoms. The molecule has 0 fully saturated rings. The number of amides is 2. The molecule has 0 aliphatic carbocycles. The summed E-state index contributed by atoms with van der Waals surface area (Å²) in [5, 5.41) is 4.93. The summed E-state index contributed by atoms with van der Waals surface area (Å²) in [6.45, 7) is 3.68. The number of nitrogen functional groups attached to an aromatic ring is 1. The Morgan fingerprint density at radius 1 is 0.683 bits per heavy atom. The number of aryl methyl sites for hydroxylation is 2. The molecule has 6 N–H and O–H groups in total. The molecular formula is C42H35F4N7O8S2. The molecule has 0 unspecified atom stereocenters. The summed E-state index contributed by atoms with van der Waals surface area (Å²) >= 11 is 0. The van der Waals surface area contributed by atoms with E-state index in [1.54, 1.807) is 60.7 Å². The molecule has 0 aliphatic rings. The average molecular weight is 906 g/mol. The summed E-state index contributed by atoms with van der Waals surface area (Å²) in [5.74, 6) is 0.0357. The first-order valence-corrected chi connectivity index (χ1v) is 20.8. The average Bonchev–Trinajstić information content (AvgIpc) is 3.23. The summed E-state index contributed by atoms with van der Waals surface area (Å²) in [6.07, 6.45) is 1.96. The number of anilines is 3. The second kappa shape index (κ2) is 20.0. The van der Waals surface area contributed by atoms with Crippen LogP contribution < -0.4 is 21.1 Å². The zero-order valence-electron chi connectivity index (χ0n) is 32.8. The van der Waals surface area contributed by atoms with Crippen molar-refractivity contribution in [1.29, 1.82) is 0 Å². The first kappa shape index (κ1) is 46.7. The number of aromatic nitrogens is 4. The summed E-state index contributed by atoms with van der Waals surface area (Å²) in [7, 11) is -8.04. The molecular weight excluding hydrogens is 871 g/mol. The maximum atomic E-state index is 13.5. The van der Waals surface area contributed by atoms with E-state index in [-0.39, 0.29) is 33.0 Å². The number of hydrogen-bond acceptors (Lipinski definition) is 11. The van der Waals surface area contributed by atoms with Crippen molar-refractivity contribution in [2.24, 2.45) is 0 Å². The molecule has 0 atom stereocenters. The Morgan fingerprint density at radius 3 is 1.76 bits per heavy atom. The van der Waals surface area contributed by atoms with Crippen molar-refractivity contribution in [1.82, 2.24) is 19.9 Å². The van der Waals surface area contributed by atoms with Crippen LogP contribution >= 0.6 is 0 Å². The van der Waals surface area contributed by atoms with Crippen molar-refractivity contribution in [3.05, 3.63) is 163 Å². The SMILES string of the molecule is Cc1ccc(S(=O)(=O)O)cc1.Cc1ccc(S(=O)(=O)O)cc1.Nc1ncc(F)cc1-c1ccc(Oc2ncc(NC(=O)Nc3cc(C(F)(F)F)ccc3-c3cccnc3)cn2)cc1. The Kier molecular flexibility index (Phi) is 14.9. The normalized spacial score (nSPS) is 11.2. The van der Waals surface area contributed by atoms with Crippen LogP contribution in [0, 0.1) is 19.7 Å². The lowest BCUT2D eigenvalue weighted by Crippen LogP contribution is -2.20. The molecule has 0 aliphatic heterocycles. The molecule has 21 heteroatoms. The Bertz CT molecular complexity index is 2820. The number of alkyl halides is 3. The van der Waals surface area contributed by atoms with Gasteiger partial charge in [-0.2, -0.15) is 30.0 Å². The molecule has 7 aromatic rings. The van der Waals surface area contributed by atoms with Crippen LogP contribution in [-0.2, 0) is 26.4 Å². The lowest BCUT2D eigenvalue weighted by Gasteiger charge is -2.15. The van der Waals surface area contributed by atoms with Crippen LogP contribution in [-0.4, -0.2) is 51.9 Å². The Hall–Kier alpha value is -7.33. The van der Waals surface area contributed by atoms with Gasteiger partial charge in [0.05, 0.1) is 45.3 Å². The molecule has 3 heterocycles. The predicted molar refractivity (Wildman–Crippen MR) is 225 cm³/mol. The second-order valence-corrected chi connectivity index (χ2v) is 16.0. The summed E-state index contributed by atoms with van der Waals surface area (Å²) in [6, 6.07) is 25.3. The van der Waals surface area contributed by atoms with Crippen molar-refractivity contribution in [2.45, 2.75) is 29.8 Å². The number of halogens is 4. The van der Waals surface area contributed by atoms with Crippen molar-refractivity contribution < 1.29 is 53.0 Å². The number of nitrogens with one attached hydrogen (secondary N) is 2. The zero-order valence-corrected chi connectivity index (χ0v) is 34.5. The molecule has 0 radical (unpaired) electrons. The topological polar surface area (TPSA) is 237 Å². The first-order chi connectivity index (χ1) is 29.7. The van der Waals surface area contributed by atoms with E-state index < -0.39 is 43.8 Å². The van der Waals surface area contributed by atoms with E-state index in [1.807, 2.05) is 13.8 Å². The van der Waals surface area contributed by atoms with Crippen LogP contribution in [0.3, 0.4) is 0 Å². The fourth-order valence-corrected chi connectivity index (χ4v) is 6.19. The van der Waals surface area contributed by atoms with Gasteiger partial charge in [0, 0.05) is 29.1 Å². The molecule has 3 aromatic heterocycles. The fourth-order valence-electron chi connectivity index (χ4n) is 5.23. The number of carbonyl (C=O) groups excluding carboxylic acids is 1. The van der Waals surface area contributed by atoms with Crippen LogP contribution in [0.5, 0.6) is 11.8 Å². The smallest absolute Gasteiger partial charge is 0.416 e. The van der Waals surface area contributed by atoms with Crippen LogP contribution in [0.4, 0.5) is 39.5 Å². The minimum atomic E-state index is -4.60. The molecule has 63 heavy (non-hydrogen) atoms. The van der Waals surface area contributed by atoms with Crippen molar-refractivity contribution in [3.8, 4) is 34.0 Å². The zero-order chi connectivity index (χ0) is 46.0. The Morgan fingerprint density at radius 2 is 1.25 bits per heavy atom. The number of urea groups is 1. The van der Waals surface area contributed by atoms with Gasteiger partial charge in [0.25, 0.3) is 20.2 Å². The van der Waals surface area contributed by atoms with Gasteiger partial charge in [-0.1, -0.05) is 59.7 Å². The van der Waals surface area contributed by atoms with Gasteiger partial charge < -0.3 is 21.1 Å².